The topological polar surface area (TPSA) is 12.0 Å². The summed E-state index contributed by atoms with van der Waals surface area (Å²) in [4.78, 5) is 0. The van der Waals surface area contributed by atoms with Crippen LogP contribution in [0.3, 0.4) is 0 Å². The monoisotopic (exact) mass is 237 g/mol. The number of benzene rings is 2. The summed E-state index contributed by atoms with van der Waals surface area (Å²) in [7, 11) is 1.97. The van der Waals surface area contributed by atoms with E-state index in [-0.39, 0.29) is 0 Å². The molecule has 0 aliphatic rings. The van der Waals surface area contributed by atoms with Gasteiger partial charge in [0, 0.05) is 6.04 Å². The Labute approximate surface area is 109 Å². The van der Waals surface area contributed by atoms with Gasteiger partial charge in [0.2, 0.25) is 0 Å². The van der Waals surface area contributed by atoms with Crippen LogP contribution in [0.1, 0.15) is 12.5 Å². The zero-order chi connectivity index (χ0) is 12.8. The van der Waals surface area contributed by atoms with E-state index in [2.05, 4.69) is 72.9 Å². The van der Waals surface area contributed by atoms with E-state index in [4.69, 9.17) is 0 Å². The molecule has 0 aromatic heterocycles. The molecule has 2 aromatic rings. The molecule has 92 valence electrons. The molecule has 2 aromatic carbocycles. The normalized spacial score (nSPS) is 12.8. The fraction of sp³-hybridized carbons (Fsp3) is 0.176. The predicted molar refractivity (Wildman–Crippen MR) is 79.4 cm³/mol. The highest BCUT2D eigenvalue weighted by Gasteiger charge is 1.96. The number of rotatable bonds is 4. The third kappa shape index (κ3) is 3.31. The fourth-order valence-electron chi connectivity index (χ4n) is 1.77. The largest absolute Gasteiger partial charge is 0.314 e. The Morgan fingerprint density at radius 1 is 0.889 bits per heavy atom. The van der Waals surface area contributed by atoms with Crippen molar-refractivity contribution < 1.29 is 0 Å². The quantitative estimate of drug-likeness (QED) is 0.848. The highest BCUT2D eigenvalue weighted by Crippen LogP contribution is 2.19. The van der Waals surface area contributed by atoms with Gasteiger partial charge in [0.25, 0.3) is 0 Å². The van der Waals surface area contributed by atoms with Crippen LogP contribution in [-0.4, -0.2) is 13.1 Å². The number of likely N-dealkylation sites (N-methyl/N-ethyl adjacent to an activating group) is 1. The zero-order valence-electron chi connectivity index (χ0n) is 10.9. The van der Waals surface area contributed by atoms with E-state index in [1.165, 1.54) is 16.7 Å². The van der Waals surface area contributed by atoms with Crippen molar-refractivity contribution in [3.05, 3.63) is 66.2 Å². The van der Waals surface area contributed by atoms with Gasteiger partial charge in [-0.05, 0) is 30.7 Å². The summed E-state index contributed by atoms with van der Waals surface area (Å²) in [6, 6.07) is 19.5. The fourth-order valence-corrected chi connectivity index (χ4v) is 1.77. The van der Waals surface area contributed by atoms with Crippen molar-refractivity contribution in [2.75, 3.05) is 7.05 Å². The standard InChI is InChI=1S/C17H19N/c1-14(18-2)8-9-15-10-12-17(13-11-15)16-6-4-3-5-7-16/h3-14,18H,1-2H3/b9-8+. The molecule has 0 saturated carbocycles. The molecule has 0 amide bonds. The van der Waals surface area contributed by atoms with Crippen LogP contribution in [0.15, 0.2) is 60.7 Å². The molecule has 0 saturated heterocycles. The molecule has 0 aliphatic heterocycles. The second-order valence-corrected chi connectivity index (χ2v) is 4.42. The minimum Gasteiger partial charge on any atom is -0.314 e. The summed E-state index contributed by atoms with van der Waals surface area (Å²) in [5.41, 5.74) is 3.75. The van der Waals surface area contributed by atoms with Crippen molar-refractivity contribution >= 4 is 6.08 Å². The molecule has 0 heterocycles. The van der Waals surface area contributed by atoms with E-state index in [1.807, 2.05) is 13.1 Å². The first kappa shape index (κ1) is 12.6. The first-order valence-electron chi connectivity index (χ1n) is 6.30. The maximum atomic E-state index is 3.19. The van der Waals surface area contributed by atoms with Crippen LogP contribution < -0.4 is 5.32 Å². The lowest BCUT2D eigenvalue weighted by Gasteiger charge is -2.04. The molecule has 18 heavy (non-hydrogen) atoms. The van der Waals surface area contributed by atoms with Gasteiger partial charge in [-0.25, -0.2) is 0 Å². The van der Waals surface area contributed by atoms with Gasteiger partial charge in [-0.1, -0.05) is 66.7 Å². The van der Waals surface area contributed by atoms with Gasteiger partial charge in [-0.3, -0.25) is 0 Å². The lowest BCUT2D eigenvalue weighted by Crippen LogP contribution is -2.17. The lowest BCUT2D eigenvalue weighted by atomic mass is 10.0. The molecule has 1 nitrogen and oxygen atoms in total. The van der Waals surface area contributed by atoms with Crippen molar-refractivity contribution in [1.82, 2.24) is 5.32 Å². The van der Waals surface area contributed by atoms with E-state index in [9.17, 15) is 0 Å². The first-order valence-corrected chi connectivity index (χ1v) is 6.30. The molecule has 1 unspecified atom stereocenters. The zero-order valence-corrected chi connectivity index (χ0v) is 10.9. The van der Waals surface area contributed by atoms with Crippen molar-refractivity contribution in [2.24, 2.45) is 0 Å². The third-order valence-corrected chi connectivity index (χ3v) is 3.05. The van der Waals surface area contributed by atoms with Crippen molar-refractivity contribution in [2.45, 2.75) is 13.0 Å². The number of nitrogens with one attached hydrogen (secondary N) is 1. The molecule has 1 atom stereocenters. The van der Waals surface area contributed by atoms with Crippen molar-refractivity contribution in [3.63, 3.8) is 0 Å². The van der Waals surface area contributed by atoms with Crippen molar-refractivity contribution in [3.8, 4) is 11.1 Å². The van der Waals surface area contributed by atoms with E-state index < -0.39 is 0 Å². The Kier molecular flexibility index (Phi) is 4.32. The van der Waals surface area contributed by atoms with E-state index in [1.54, 1.807) is 0 Å². The number of hydrogen-bond acceptors (Lipinski definition) is 1. The minimum atomic E-state index is 0.402. The summed E-state index contributed by atoms with van der Waals surface area (Å²) in [5.74, 6) is 0. The first-order chi connectivity index (χ1) is 8.79. The highest BCUT2D eigenvalue weighted by atomic mass is 14.8. The van der Waals surface area contributed by atoms with Crippen LogP contribution in [0, 0.1) is 0 Å². The van der Waals surface area contributed by atoms with Crippen LogP contribution in [0.4, 0.5) is 0 Å². The van der Waals surface area contributed by atoms with Crippen LogP contribution in [0.2, 0.25) is 0 Å². The van der Waals surface area contributed by atoms with Gasteiger partial charge in [0.05, 0.1) is 0 Å². The molecule has 1 heteroatoms. The van der Waals surface area contributed by atoms with Gasteiger partial charge < -0.3 is 5.32 Å². The molecule has 0 fully saturated rings. The van der Waals surface area contributed by atoms with Crippen LogP contribution >= 0.6 is 0 Å². The maximum Gasteiger partial charge on any atom is 0.0221 e. The Balaban J connectivity index is 2.13. The van der Waals surface area contributed by atoms with Crippen LogP contribution in [0.25, 0.3) is 17.2 Å². The summed E-state index contributed by atoms with van der Waals surface area (Å²) in [6.45, 7) is 2.13. The second kappa shape index (κ2) is 6.18. The lowest BCUT2D eigenvalue weighted by molar-refractivity contribution is 0.731. The number of hydrogen-bond donors (Lipinski definition) is 1. The van der Waals surface area contributed by atoms with Crippen LogP contribution in [0.5, 0.6) is 0 Å². The van der Waals surface area contributed by atoms with Gasteiger partial charge in [0.1, 0.15) is 0 Å². The van der Waals surface area contributed by atoms with E-state index in [0.717, 1.165) is 0 Å². The average molecular weight is 237 g/mol. The third-order valence-electron chi connectivity index (χ3n) is 3.05. The highest BCUT2D eigenvalue weighted by molar-refractivity contribution is 5.65. The Bertz CT molecular complexity index is 497. The Morgan fingerprint density at radius 2 is 1.50 bits per heavy atom. The van der Waals surface area contributed by atoms with Gasteiger partial charge in [-0.15, -0.1) is 0 Å². The van der Waals surface area contributed by atoms with E-state index >= 15 is 0 Å². The SMILES string of the molecule is CNC(C)/C=C/c1ccc(-c2ccccc2)cc1. The molecule has 0 spiro atoms. The smallest absolute Gasteiger partial charge is 0.0221 e. The predicted octanol–water partition coefficient (Wildman–Crippen LogP) is 3.97. The molecule has 0 bridgehead atoms. The summed E-state index contributed by atoms with van der Waals surface area (Å²) >= 11 is 0. The average Bonchev–Trinajstić information content (AvgIpc) is 2.46. The molecule has 0 radical (unpaired) electrons. The summed E-state index contributed by atoms with van der Waals surface area (Å²) in [6.07, 6.45) is 4.31. The summed E-state index contributed by atoms with van der Waals surface area (Å²) < 4.78 is 0. The van der Waals surface area contributed by atoms with Gasteiger partial charge in [-0.2, -0.15) is 0 Å². The van der Waals surface area contributed by atoms with Gasteiger partial charge in [0.15, 0.2) is 0 Å². The summed E-state index contributed by atoms with van der Waals surface area (Å²) in [5, 5.41) is 3.19. The molecule has 0 aliphatic carbocycles. The Hall–Kier alpha value is -1.86. The van der Waals surface area contributed by atoms with Crippen LogP contribution in [-0.2, 0) is 0 Å². The van der Waals surface area contributed by atoms with Gasteiger partial charge >= 0.3 is 0 Å². The Morgan fingerprint density at radius 3 is 2.11 bits per heavy atom. The molecular weight excluding hydrogens is 218 g/mol. The minimum absolute atomic E-state index is 0.402. The maximum absolute atomic E-state index is 3.19. The second-order valence-electron chi connectivity index (χ2n) is 4.42. The molecule has 2 rings (SSSR count). The van der Waals surface area contributed by atoms with E-state index in [0.29, 0.717) is 6.04 Å². The van der Waals surface area contributed by atoms with Crippen molar-refractivity contribution in [1.29, 1.82) is 0 Å². The molecular formula is C17H19N. The molecule has 1 N–H and O–H groups in total.